The number of benzene rings is 2. The first-order valence-corrected chi connectivity index (χ1v) is 12.5. The Kier molecular flexibility index (Phi) is 8.70. The minimum Gasteiger partial charge on any atom is -0.492 e. The number of nitrogens with zero attached hydrogens (tertiary/aromatic N) is 2. The molecule has 0 amide bonds. The van der Waals surface area contributed by atoms with Crippen molar-refractivity contribution in [2.24, 2.45) is 0 Å². The van der Waals surface area contributed by atoms with Gasteiger partial charge in [-0.25, -0.2) is 0 Å². The van der Waals surface area contributed by atoms with Gasteiger partial charge in [0.05, 0.1) is 5.39 Å². The van der Waals surface area contributed by atoms with E-state index in [-0.39, 0.29) is 17.8 Å². The molecule has 34 heavy (non-hydrogen) atoms. The maximum absolute atomic E-state index is 13.3. The van der Waals surface area contributed by atoms with Gasteiger partial charge in [-0.15, -0.1) is 12.4 Å². The van der Waals surface area contributed by atoms with Crippen LogP contribution in [-0.4, -0.2) is 62.3 Å². The normalized spacial score (nSPS) is 17.5. The zero-order chi connectivity index (χ0) is 22.5. The highest BCUT2D eigenvalue weighted by molar-refractivity contribution is 5.93. The summed E-state index contributed by atoms with van der Waals surface area (Å²) in [6, 6.07) is 11.1. The Bertz CT molecular complexity index is 1140. The smallest absolute Gasteiger partial charge is 0.204 e. The maximum Gasteiger partial charge on any atom is 0.204 e. The first kappa shape index (κ1) is 24.8. The molecule has 0 aliphatic carbocycles. The lowest BCUT2D eigenvalue weighted by Crippen LogP contribution is -2.33. The third-order valence-electron chi connectivity index (χ3n) is 6.87. The Hall–Kier alpha value is -2.28. The molecule has 5 rings (SSSR count). The summed E-state index contributed by atoms with van der Waals surface area (Å²) in [5, 5.41) is 1.07. The Morgan fingerprint density at radius 3 is 2.09 bits per heavy atom. The lowest BCUT2D eigenvalue weighted by Gasteiger charge is -2.26. The van der Waals surface area contributed by atoms with Gasteiger partial charge in [0.1, 0.15) is 41.3 Å². The number of likely N-dealkylation sites (tertiary alicyclic amines) is 2. The third kappa shape index (κ3) is 5.85. The topological polar surface area (TPSA) is 55.1 Å². The third-order valence-corrected chi connectivity index (χ3v) is 6.87. The minimum absolute atomic E-state index is 0. The second kappa shape index (κ2) is 11.9. The number of rotatable bonds is 8. The molecular formula is C27H35ClN2O4. The zero-order valence-corrected chi connectivity index (χ0v) is 20.6. The summed E-state index contributed by atoms with van der Waals surface area (Å²) in [5.41, 5.74) is 1.04. The number of hydrogen-bond acceptors (Lipinski definition) is 6. The molecule has 2 aliphatic rings. The summed E-state index contributed by atoms with van der Waals surface area (Å²) in [4.78, 5) is 18.2. The van der Waals surface area contributed by atoms with Crippen molar-refractivity contribution in [2.75, 3.05) is 52.5 Å². The first-order chi connectivity index (χ1) is 16.3. The van der Waals surface area contributed by atoms with Crippen LogP contribution in [0.3, 0.4) is 0 Å². The molecule has 2 saturated heterocycles. The molecule has 184 valence electrons. The quantitative estimate of drug-likeness (QED) is 0.413. The van der Waals surface area contributed by atoms with E-state index in [1.165, 1.54) is 38.5 Å². The molecule has 2 aromatic carbocycles. The number of fused-ring (bicyclic) bond motifs is 2. The molecule has 0 spiro atoms. The van der Waals surface area contributed by atoms with Gasteiger partial charge in [0.2, 0.25) is 5.43 Å². The van der Waals surface area contributed by atoms with Gasteiger partial charge in [-0.05, 0) is 76.1 Å². The summed E-state index contributed by atoms with van der Waals surface area (Å²) >= 11 is 0. The van der Waals surface area contributed by atoms with Gasteiger partial charge >= 0.3 is 0 Å². The van der Waals surface area contributed by atoms with E-state index in [1.807, 2.05) is 30.3 Å². The van der Waals surface area contributed by atoms with Gasteiger partial charge in [-0.1, -0.05) is 18.9 Å². The van der Waals surface area contributed by atoms with Gasteiger partial charge in [0.25, 0.3) is 0 Å². The number of halogens is 1. The van der Waals surface area contributed by atoms with Gasteiger partial charge in [-0.2, -0.15) is 0 Å². The van der Waals surface area contributed by atoms with E-state index in [4.69, 9.17) is 13.9 Å². The SMILES string of the molecule is Cl.O=c1c2ccc(OCCN3CCCCC3)cc2oc2cccc(OCCN3CCCCC3)c12. The summed E-state index contributed by atoms with van der Waals surface area (Å²) < 4.78 is 18.1. The van der Waals surface area contributed by atoms with Crippen molar-refractivity contribution >= 4 is 34.3 Å². The highest BCUT2D eigenvalue weighted by Gasteiger charge is 2.15. The molecule has 3 aromatic rings. The van der Waals surface area contributed by atoms with Crippen LogP contribution in [0.4, 0.5) is 0 Å². The Labute approximate surface area is 207 Å². The fourth-order valence-corrected chi connectivity index (χ4v) is 5.00. The van der Waals surface area contributed by atoms with Crippen molar-refractivity contribution in [3.63, 3.8) is 0 Å². The van der Waals surface area contributed by atoms with Crippen molar-refractivity contribution in [3.05, 3.63) is 46.6 Å². The largest absolute Gasteiger partial charge is 0.492 e. The van der Waals surface area contributed by atoms with Crippen LogP contribution in [0, 0.1) is 0 Å². The highest BCUT2D eigenvalue weighted by atomic mass is 35.5. The molecule has 0 radical (unpaired) electrons. The minimum atomic E-state index is -0.0558. The molecule has 1 aromatic heterocycles. The molecule has 0 bridgehead atoms. The van der Waals surface area contributed by atoms with Crippen LogP contribution >= 0.6 is 12.4 Å². The van der Waals surface area contributed by atoms with E-state index in [9.17, 15) is 4.79 Å². The Morgan fingerprint density at radius 2 is 1.41 bits per heavy atom. The summed E-state index contributed by atoms with van der Waals surface area (Å²) in [6.07, 6.45) is 7.72. The lowest BCUT2D eigenvalue weighted by molar-refractivity contribution is 0.183. The molecular weight excluding hydrogens is 452 g/mol. The standard InChI is InChI=1S/C27H34N2O4.ClH/c30-27-22-11-10-21(31-18-16-28-12-3-1-4-13-28)20-25(22)33-24-9-7-8-23(26(24)27)32-19-17-29-14-5-2-6-15-29;/h7-11,20H,1-6,12-19H2;1H. The summed E-state index contributed by atoms with van der Waals surface area (Å²) in [6.45, 7) is 7.60. The Morgan fingerprint density at radius 1 is 0.765 bits per heavy atom. The van der Waals surface area contributed by atoms with Crippen LogP contribution in [0.5, 0.6) is 11.5 Å². The number of piperidine rings is 2. The van der Waals surface area contributed by atoms with Gasteiger partial charge in [0.15, 0.2) is 0 Å². The van der Waals surface area contributed by atoms with Crippen LogP contribution in [-0.2, 0) is 0 Å². The van der Waals surface area contributed by atoms with Crippen molar-refractivity contribution in [1.29, 1.82) is 0 Å². The molecule has 7 heteroatoms. The predicted molar refractivity (Wildman–Crippen MR) is 139 cm³/mol. The van der Waals surface area contributed by atoms with Gasteiger partial charge < -0.3 is 13.9 Å². The average Bonchev–Trinajstić information content (AvgIpc) is 2.85. The zero-order valence-electron chi connectivity index (χ0n) is 19.8. The van der Waals surface area contributed by atoms with Crippen molar-refractivity contribution in [3.8, 4) is 11.5 Å². The second-order valence-electron chi connectivity index (χ2n) is 9.22. The first-order valence-electron chi connectivity index (χ1n) is 12.5. The second-order valence-corrected chi connectivity index (χ2v) is 9.22. The van der Waals surface area contributed by atoms with Crippen LogP contribution in [0.15, 0.2) is 45.6 Å². The fourth-order valence-electron chi connectivity index (χ4n) is 5.00. The molecule has 0 N–H and O–H groups in total. The summed E-state index contributed by atoms with van der Waals surface area (Å²) in [5.74, 6) is 1.33. The van der Waals surface area contributed by atoms with E-state index in [2.05, 4.69) is 9.80 Å². The molecule has 2 fully saturated rings. The highest BCUT2D eigenvalue weighted by Crippen LogP contribution is 2.28. The van der Waals surface area contributed by atoms with Crippen LogP contribution < -0.4 is 14.9 Å². The van der Waals surface area contributed by atoms with Crippen LogP contribution in [0.25, 0.3) is 21.9 Å². The molecule has 0 unspecified atom stereocenters. The van der Waals surface area contributed by atoms with E-state index >= 15 is 0 Å². The van der Waals surface area contributed by atoms with E-state index < -0.39 is 0 Å². The fraction of sp³-hybridized carbons (Fsp3) is 0.519. The molecule has 3 heterocycles. The van der Waals surface area contributed by atoms with E-state index in [0.717, 1.165) is 45.0 Å². The summed E-state index contributed by atoms with van der Waals surface area (Å²) in [7, 11) is 0. The average molecular weight is 487 g/mol. The number of ether oxygens (including phenoxy) is 2. The predicted octanol–water partition coefficient (Wildman–Crippen LogP) is 5.10. The van der Waals surface area contributed by atoms with Crippen LogP contribution in [0.2, 0.25) is 0 Å². The van der Waals surface area contributed by atoms with Crippen LogP contribution in [0.1, 0.15) is 38.5 Å². The molecule has 0 atom stereocenters. The van der Waals surface area contributed by atoms with E-state index in [1.54, 1.807) is 6.07 Å². The number of hydrogen-bond donors (Lipinski definition) is 0. The van der Waals surface area contributed by atoms with E-state index in [0.29, 0.717) is 40.9 Å². The van der Waals surface area contributed by atoms with Gasteiger partial charge in [0, 0.05) is 19.2 Å². The van der Waals surface area contributed by atoms with Crippen molar-refractivity contribution in [1.82, 2.24) is 9.80 Å². The van der Waals surface area contributed by atoms with Gasteiger partial charge in [-0.3, -0.25) is 14.6 Å². The lowest BCUT2D eigenvalue weighted by atomic mass is 10.1. The Balaban J connectivity index is 0.00000274. The van der Waals surface area contributed by atoms with Crippen molar-refractivity contribution in [2.45, 2.75) is 38.5 Å². The molecule has 6 nitrogen and oxygen atoms in total. The molecule has 2 aliphatic heterocycles. The molecule has 0 saturated carbocycles. The maximum atomic E-state index is 13.3. The monoisotopic (exact) mass is 486 g/mol. The van der Waals surface area contributed by atoms with Crippen molar-refractivity contribution < 1.29 is 13.9 Å².